The lowest BCUT2D eigenvalue weighted by molar-refractivity contribution is 0.0637. The van der Waals surface area contributed by atoms with Crippen LogP contribution in [0.3, 0.4) is 0 Å². The maximum absolute atomic E-state index is 13.5. The summed E-state index contributed by atoms with van der Waals surface area (Å²) in [7, 11) is -3.56. The Bertz CT molecular complexity index is 1040. The van der Waals surface area contributed by atoms with Gasteiger partial charge in [-0.2, -0.15) is 17.0 Å². The van der Waals surface area contributed by atoms with Crippen molar-refractivity contribution in [3.63, 3.8) is 0 Å². The first-order valence-corrected chi connectivity index (χ1v) is 11.4. The van der Waals surface area contributed by atoms with Crippen LogP contribution in [0.4, 0.5) is 15.9 Å². The van der Waals surface area contributed by atoms with Crippen LogP contribution in [0.2, 0.25) is 0 Å². The molecule has 1 aromatic heterocycles. The van der Waals surface area contributed by atoms with E-state index in [0.29, 0.717) is 43.4 Å². The van der Waals surface area contributed by atoms with Gasteiger partial charge >= 0.3 is 0 Å². The summed E-state index contributed by atoms with van der Waals surface area (Å²) in [5.74, 6) is -0.330. The molecular weight excluding hydrogens is 425 g/mol. The fourth-order valence-electron chi connectivity index (χ4n) is 3.61. The number of nitrogens with one attached hydrogen (secondary N) is 1. The van der Waals surface area contributed by atoms with E-state index in [2.05, 4.69) is 10.3 Å². The van der Waals surface area contributed by atoms with E-state index in [-0.39, 0.29) is 32.1 Å². The van der Waals surface area contributed by atoms with Gasteiger partial charge in [0, 0.05) is 51.2 Å². The molecule has 2 aliphatic heterocycles. The third-order valence-corrected chi connectivity index (χ3v) is 7.31. The number of carbonyl (C=O) groups is 1. The number of anilines is 2. The highest BCUT2D eigenvalue weighted by atomic mass is 32.2. The highest BCUT2D eigenvalue weighted by molar-refractivity contribution is 7.86. The predicted molar refractivity (Wildman–Crippen MR) is 113 cm³/mol. The minimum Gasteiger partial charge on any atom is -0.379 e. The highest BCUT2D eigenvalue weighted by Crippen LogP contribution is 2.22. The molecule has 3 heterocycles. The van der Waals surface area contributed by atoms with Crippen molar-refractivity contribution in [2.75, 3.05) is 57.8 Å². The number of hydrogen-bond acceptors (Lipinski definition) is 6. The number of benzene rings is 1. The number of pyridine rings is 1. The Morgan fingerprint density at radius 2 is 1.71 bits per heavy atom. The Hall–Kier alpha value is -2.60. The van der Waals surface area contributed by atoms with Gasteiger partial charge in [0.05, 0.1) is 18.8 Å². The van der Waals surface area contributed by atoms with Crippen LogP contribution in [-0.4, -0.2) is 85.3 Å². The van der Waals surface area contributed by atoms with Crippen LogP contribution >= 0.6 is 0 Å². The van der Waals surface area contributed by atoms with E-state index in [0.717, 1.165) is 0 Å². The molecule has 0 saturated carbocycles. The van der Waals surface area contributed by atoms with Crippen molar-refractivity contribution >= 4 is 27.6 Å². The topological polar surface area (TPSA) is 95.1 Å². The first-order valence-electron chi connectivity index (χ1n) is 10.0. The van der Waals surface area contributed by atoms with Crippen molar-refractivity contribution in [1.29, 1.82) is 0 Å². The van der Waals surface area contributed by atoms with E-state index >= 15 is 0 Å². The van der Waals surface area contributed by atoms with Gasteiger partial charge in [-0.05, 0) is 30.3 Å². The number of rotatable bonds is 5. The summed E-state index contributed by atoms with van der Waals surface area (Å²) in [5, 5.41) is 2.99. The number of amides is 1. The number of piperazine rings is 1. The lowest BCUT2D eigenvalue weighted by atomic mass is 10.2. The summed E-state index contributed by atoms with van der Waals surface area (Å²) in [4.78, 5) is 19.0. The van der Waals surface area contributed by atoms with Gasteiger partial charge in [-0.3, -0.25) is 4.79 Å². The van der Waals surface area contributed by atoms with Crippen molar-refractivity contribution in [2.24, 2.45) is 0 Å². The molecule has 0 aliphatic carbocycles. The molecule has 1 N–H and O–H groups in total. The molecule has 0 unspecified atom stereocenters. The molecule has 0 atom stereocenters. The summed E-state index contributed by atoms with van der Waals surface area (Å²) in [6, 6.07) is 9.20. The van der Waals surface area contributed by atoms with Gasteiger partial charge in [0.1, 0.15) is 11.6 Å². The lowest BCUT2D eigenvalue weighted by Gasteiger charge is -2.37. The van der Waals surface area contributed by atoms with Gasteiger partial charge < -0.3 is 15.0 Å². The molecular formula is C20H24FN5O4S. The number of morpholine rings is 1. The Labute approximate surface area is 180 Å². The van der Waals surface area contributed by atoms with Crippen molar-refractivity contribution in [1.82, 2.24) is 18.5 Å². The fourth-order valence-corrected chi connectivity index (χ4v) is 5.18. The van der Waals surface area contributed by atoms with Crippen LogP contribution in [0, 0.1) is 5.82 Å². The molecule has 0 spiro atoms. The summed E-state index contributed by atoms with van der Waals surface area (Å²) >= 11 is 0. The highest BCUT2D eigenvalue weighted by Gasteiger charge is 2.34. The SMILES string of the molecule is O=C(c1cccnc1Nc1cccc(F)c1)N1CCN(S(=O)(=O)N2CCOCC2)CC1. The summed E-state index contributed by atoms with van der Waals surface area (Å²) < 4.78 is 47.2. The minimum atomic E-state index is -3.56. The van der Waals surface area contributed by atoms with Gasteiger partial charge in [-0.15, -0.1) is 0 Å². The third kappa shape index (κ3) is 4.85. The molecule has 1 amide bonds. The predicted octanol–water partition coefficient (Wildman–Crippen LogP) is 1.30. The Morgan fingerprint density at radius 1 is 1.00 bits per heavy atom. The summed E-state index contributed by atoms with van der Waals surface area (Å²) in [6.07, 6.45) is 1.55. The normalized spacial score (nSPS) is 18.7. The number of hydrogen-bond donors (Lipinski definition) is 1. The molecule has 2 fully saturated rings. The molecule has 0 radical (unpaired) electrons. The number of nitrogens with zero attached hydrogens (tertiary/aromatic N) is 4. The molecule has 2 aromatic rings. The molecule has 2 aliphatic rings. The number of aromatic nitrogens is 1. The molecule has 9 nitrogen and oxygen atoms in total. The molecule has 166 valence electrons. The summed E-state index contributed by atoms with van der Waals surface area (Å²) in [6.45, 7) is 2.45. The third-order valence-electron chi connectivity index (χ3n) is 5.27. The zero-order chi connectivity index (χ0) is 21.8. The second-order valence-electron chi connectivity index (χ2n) is 7.25. The van der Waals surface area contributed by atoms with Crippen LogP contribution in [0.5, 0.6) is 0 Å². The number of carbonyl (C=O) groups excluding carboxylic acids is 1. The Balaban J connectivity index is 1.43. The van der Waals surface area contributed by atoms with Gasteiger partial charge in [-0.25, -0.2) is 9.37 Å². The van der Waals surface area contributed by atoms with Gasteiger partial charge in [-0.1, -0.05) is 6.07 Å². The van der Waals surface area contributed by atoms with Crippen molar-refractivity contribution in [3.8, 4) is 0 Å². The van der Waals surface area contributed by atoms with E-state index in [4.69, 9.17) is 4.74 Å². The van der Waals surface area contributed by atoms with Crippen molar-refractivity contribution < 1.29 is 22.3 Å². The van der Waals surface area contributed by atoms with Crippen LogP contribution in [-0.2, 0) is 14.9 Å². The van der Waals surface area contributed by atoms with E-state index in [9.17, 15) is 17.6 Å². The average Bonchev–Trinajstić information content (AvgIpc) is 2.80. The smallest absolute Gasteiger partial charge is 0.282 e. The molecule has 0 bridgehead atoms. The quantitative estimate of drug-likeness (QED) is 0.740. The second-order valence-corrected chi connectivity index (χ2v) is 9.17. The zero-order valence-electron chi connectivity index (χ0n) is 16.9. The van der Waals surface area contributed by atoms with Gasteiger partial charge in [0.15, 0.2) is 0 Å². The standard InChI is InChI=1S/C20H24FN5O4S/c21-16-3-1-4-17(15-16)23-19-18(5-2-6-22-19)20(27)24-7-9-25(10-8-24)31(28,29)26-11-13-30-14-12-26/h1-6,15H,7-14H2,(H,22,23). The van der Waals surface area contributed by atoms with E-state index in [1.54, 1.807) is 35.4 Å². The van der Waals surface area contributed by atoms with Crippen LogP contribution in [0.1, 0.15) is 10.4 Å². The second kappa shape index (κ2) is 9.27. The van der Waals surface area contributed by atoms with Crippen molar-refractivity contribution in [2.45, 2.75) is 0 Å². The zero-order valence-corrected chi connectivity index (χ0v) is 17.7. The van der Waals surface area contributed by atoms with Crippen LogP contribution < -0.4 is 5.32 Å². The maximum atomic E-state index is 13.5. The van der Waals surface area contributed by atoms with Crippen LogP contribution in [0.15, 0.2) is 42.6 Å². The summed E-state index contributed by atoms with van der Waals surface area (Å²) in [5.41, 5.74) is 0.824. The van der Waals surface area contributed by atoms with Gasteiger partial charge in [0.25, 0.3) is 16.1 Å². The lowest BCUT2D eigenvalue weighted by Crippen LogP contribution is -2.55. The Morgan fingerprint density at radius 3 is 2.42 bits per heavy atom. The molecule has 1 aromatic carbocycles. The average molecular weight is 450 g/mol. The largest absolute Gasteiger partial charge is 0.379 e. The van der Waals surface area contributed by atoms with Crippen LogP contribution in [0.25, 0.3) is 0 Å². The molecule has 4 rings (SSSR count). The molecule has 11 heteroatoms. The van der Waals surface area contributed by atoms with E-state index in [1.165, 1.54) is 20.7 Å². The van der Waals surface area contributed by atoms with E-state index < -0.39 is 16.0 Å². The van der Waals surface area contributed by atoms with Gasteiger partial charge in [0.2, 0.25) is 0 Å². The monoisotopic (exact) mass is 449 g/mol. The molecule has 2 saturated heterocycles. The van der Waals surface area contributed by atoms with E-state index in [1.807, 2.05) is 0 Å². The van der Waals surface area contributed by atoms with Crippen molar-refractivity contribution in [3.05, 3.63) is 54.0 Å². The first kappa shape index (κ1) is 21.6. The molecule has 31 heavy (non-hydrogen) atoms. The minimum absolute atomic E-state index is 0.221. The first-order chi connectivity index (χ1) is 14.9. The fraction of sp³-hybridized carbons (Fsp3) is 0.400. The number of halogens is 1. The Kier molecular flexibility index (Phi) is 6.46. The maximum Gasteiger partial charge on any atom is 0.282 e. The number of ether oxygens (including phenoxy) is 1.